The topological polar surface area (TPSA) is 56.1 Å². The monoisotopic (exact) mass is 273 g/mol. The molecule has 1 aromatic heterocycles. The number of hydrogen-bond acceptors (Lipinski definition) is 5. The van der Waals surface area contributed by atoms with Gasteiger partial charge in [-0.05, 0) is 36.4 Å². The Kier molecular flexibility index (Phi) is 3.75. The predicted molar refractivity (Wildman–Crippen MR) is 74.4 cm³/mol. The molecule has 0 unspecified atom stereocenters. The van der Waals surface area contributed by atoms with Crippen LogP contribution >= 0.6 is 0 Å². The highest BCUT2D eigenvalue weighted by Crippen LogP contribution is 2.14. The van der Waals surface area contributed by atoms with Gasteiger partial charge in [0.1, 0.15) is 0 Å². The van der Waals surface area contributed by atoms with Gasteiger partial charge >= 0.3 is 0 Å². The van der Waals surface area contributed by atoms with Crippen molar-refractivity contribution in [2.45, 2.75) is 32.6 Å². The van der Waals surface area contributed by atoms with Crippen molar-refractivity contribution in [3.8, 4) is 5.69 Å². The molecule has 1 saturated heterocycles. The highest BCUT2D eigenvalue weighted by molar-refractivity contribution is 5.30. The zero-order chi connectivity index (χ0) is 13.9. The highest BCUT2D eigenvalue weighted by atomic mass is 16.5. The van der Waals surface area contributed by atoms with E-state index in [4.69, 9.17) is 4.74 Å². The molecule has 1 aliphatic rings. The largest absolute Gasteiger partial charge is 0.373 e. The lowest BCUT2D eigenvalue weighted by molar-refractivity contribution is -0.0712. The summed E-state index contributed by atoms with van der Waals surface area (Å²) in [5.74, 6) is 0.859. The minimum Gasteiger partial charge on any atom is -0.373 e. The van der Waals surface area contributed by atoms with E-state index in [-0.39, 0.29) is 12.2 Å². The second-order valence-corrected chi connectivity index (χ2v) is 5.29. The third-order valence-electron chi connectivity index (χ3n) is 3.40. The molecule has 2 heterocycles. The Morgan fingerprint density at radius 2 is 1.85 bits per heavy atom. The molecule has 106 valence electrons. The number of para-hydroxylation sites is 1. The fourth-order valence-electron chi connectivity index (χ4n) is 2.69. The molecule has 0 amide bonds. The molecule has 0 N–H and O–H groups in total. The first-order valence-electron chi connectivity index (χ1n) is 6.93. The van der Waals surface area contributed by atoms with E-state index in [0.717, 1.165) is 31.1 Å². The van der Waals surface area contributed by atoms with Gasteiger partial charge in [0.05, 0.1) is 24.4 Å². The quantitative estimate of drug-likeness (QED) is 0.843. The number of aromatic nitrogens is 4. The van der Waals surface area contributed by atoms with Gasteiger partial charge in [0.2, 0.25) is 0 Å². The van der Waals surface area contributed by atoms with Crippen molar-refractivity contribution >= 4 is 0 Å². The van der Waals surface area contributed by atoms with Crippen LogP contribution in [0.5, 0.6) is 0 Å². The van der Waals surface area contributed by atoms with E-state index in [1.165, 1.54) is 0 Å². The van der Waals surface area contributed by atoms with Crippen LogP contribution in [0.1, 0.15) is 19.7 Å². The Labute approximate surface area is 118 Å². The van der Waals surface area contributed by atoms with E-state index >= 15 is 0 Å². The van der Waals surface area contributed by atoms with Crippen LogP contribution in [0.3, 0.4) is 0 Å². The van der Waals surface area contributed by atoms with Crippen LogP contribution in [0.15, 0.2) is 30.3 Å². The van der Waals surface area contributed by atoms with E-state index < -0.39 is 0 Å². The lowest BCUT2D eigenvalue weighted by Gasteiger charge is -2.34. The average molecular weight is 273 g/mol. The molecule has 1 aromatic carbocycles. The number of nitrogens with zero attached hydrogens (tertiary/aromatic N) is 5. The summed E-state index contributed by atoms with van der Waals surface area (Å²) in [6.45, 7) is 6.75. The zero-order valence-electron chi connectivity index (χ0n) is 11.8. The number of morpholine rings is 1. The van der Waals surface area contributed by atoms with E-state index in [1.807, 2.05) is 30.3 Å². The first-order valence-corrected chi connectivity index (χ1v) is 6.93. The van der Waals surface area contributed by atoms with E-state index in [1.54, 1.807) is 4.68 Å². The Bertz CT molecular complexity index is 546. The Morgan fingerprint density at radius 1 is 1.15 bits per heavy atom. The van der Waals surface area contributed by atoms with Crippen LogP contribution < -0.4 is 0 Å². The van der Waals surface area contributed by atoms with E-state index in [0.29, 0.717) is 0 Å². The van der Waals surface area contributed by atoms with Crippen molar-refractivity contribution in [3.63, 3.8) is 0 Å². The zero-order valence-corrected chi connectivity index (χ0v) is 11.8. The lowest BCUT2D eigenvalue weighted by Crippen LogP contribution is -2.45. The van der Waals surface area contributed by atoms with Gasteiger partial charge in [-0.1, -0.05) is 18.2 Å². The fourth-order valence-corrected chi connectivity index (χ4v) is 2.69. The molecular formula is C14H19N5O. The predicted octanol–water partition coefficient (Wildman–Crippen LogP) is 1.27. The summed E-state index contributed by atoms with van der Waals surface area (Å²) in [5.41, 5.74) is 0.988. The Balaban J connectivity index is 1.77. The second-order valence-electron chi connectivity index (χ2n) is 5.29. The number of hydrogen-bond donors (Lipinski definition) is 0. The van der Waals surface area contributed by atoms with Gasteiger partial charge in [-0.15, -0.1) is 5.10 Å². The summed E-state index contributed by atoms with van der Waals surface area (Å²) in [7, 11) is 0. The molecular weight excluding hydrogens is 254 g/mol. The van der Waals surface area contributed by atoms with Crippen molar-refractivity contribution in [2.75, 3.05) is 13.1 Å². The van der Waals surface area contributed by atoms with Crippen LogP contribution in [0.25, 0.3) is 5.69 Å². The molecule has 3 rings (SSSR count). The minimum absolute atomic E-state index is 0.250. The summed E-state index contributed by atoms with van der Waals surface area (Å²) in [4.78, 5) is 2.34. The van der Waals surface area contributed by atoms with Crippen molar-refractivity contribution < 1.29 is 4.74 Å². The lowest BCUT2D eigenvalue weighted by atomic mass is 10.2. The maximum absolute atomic E-state index is 5.75. The van der Waals surface area contributed by atoms with Gasteiger partial charge in [0.15, 0.2) is 5.82 Å². The third kappa shape index (κ3) is 2.86. The smallest absolute Gasteiger partial charge is 0.170 e. The van der Waals surface area contributed by atoms with Gasteiger partial charge in [-0.3, -0.25) is 4.90 Å². The van der Waals surface area contributed by atoms with Gasteiger partial charge in [-0.2, -0.15) is 4.68 Å². The summed E-state index contributed by atoms with van der Waals surface area (Å²) < 4.78 is 7.55. The molecule has 1 aliphatic heterocycles. The molecule has 2 atom stereocenters. The first-order chi connectivity index (χ1) is 9.72. The molecule has 1 fully saturated rings. The molecule has 2 aromatic rings. The first kappa shape index (κ1) is 13.2. The molecule has 0 saturated carbocycles. The van der Waals surface area contributed by atoms with Crippen LogP contribution in [-0.4, -0.2) is 50.4 Å². The molecule has 6 nitrogen and oxygen atoms in total. The summed E-state index contributed by atoms with van der Waals surface area (Å²) >= 11 is 0. The van der Waals surface area contributed by atoms with Crippen molar-refractivity contribution in [1.82, 2.24) is 25.1 Å². The fraction of sp³-hybridized carbons (Fsp3) is 0.500. The van der Waals surface area contributed by atoms with E-state index in [2.05, 4.69) is 34.3 Å². The normalized spacial score (nSPS) is 23.9. The standard InChI is InChI=1S/C14H19N5O/c1-11-8-18(9-12(2)20-11)10-14-15-16-17-19(14)13-6-4-3-5-7-13/h3-7,11-12H,8-10H2,1-2H3/t11-,12+. The molecule has 20 heavy (non-hydrogen) atoms. The molecule has 0 radical (unpaired) electrons. The van der Waals surface area contributed by atoms with Crippen LogP contribution in [0.4, 0.5) is 0 Å². The van der Waals surface area contributed by atoms with Crippen LogP contribution in [0, 0.1) is 0 Å². The summed E-state index contributed by atoms with van der Waals surface area (Å²) in [5, 5.41) is 12.1. The molecule has 6 heteroatoms. The van der Waals surface area contributed by atoms with Crippen molar-refractivity contribution in [3.05, 3.63) is 36.2 Å². The molecule has 0 spiro atoms. The number of rotatable bonds is 3. The minimum atomic E-state index is 0.250. The van der Waals surface area contributed by atoms with Crippen molar-refractivity contribution in [1.29, 1.82) is 0 Å². The highest BCUT2D eigenvalue weighted by Gasteiger charge is 2.23. The maximum Gasteiger partial charge on any atom is 0.170 e. The number of ether oxygens (including phenoxy) is 1. The van der Waals surface area contributed by atoms with Gasteiger partial charge in [-0.25, -0.2) is 0 Å². The number of benzene rings is 1. The second kappa shape index (κ2) is 5.68. The van der Waals surface area contributed by atoms with Crippen LogP contribution in [-0.2, 0) is 11.3 Å². The van der Waals surface area contributed by atoms with Gasteiger partial charge < -0.3 is 4.74 Å². The molecule has 0 bridgehead atoms. The number of tetrazole rings is 1. The van der Waals surface area contributed by atoms with Crippen LogP contribution in [0.2, 0.25) is 0 Å². The van der Waals surface area contributed by atoms with Gasteiger partial charge in [0, 0.05) is 13.1 Å². The maximum atomic E-state index is 5.75. The summed E-state index contributed by atoms with van der Waals surface area (Å²) in [6, 6.07) is 9.97. The SMILES string of the molecule is C[C@@H]1CN(Cc2nnnn2-c2ccccc2)C[C@H](C)O1. The van der Waals surface area contributed by atoms with Gasteiger partial charge in [0.25, 0.3) is 0 Å². The third-order valence-corrected chi connectivity index (χ3v) is 3.40. The summed E-state index contributed by atoms with van der Waals surface area (Å²) in [6.07, 6.45) is 0.500. The Hall–Kier alpha value is -1.79. The van der Waals surface area contributed by atoms with Crippen molar-refractivity contribution in [2.24, 2.45) is 0 Å². The Morgan fingerprint density at radius 3 is 2.55 bits per heavy atom. The average Bonchev–Trinajstić information content (AvgIpc) is 2.86. The molecule has 0 aliphatic carbocycles. The van der Waals surface area contributed by atoms with E-state index in [9.17, 15) is 0 Å².